The van der Waals surface area contributed by atoms with Crippen molar-refractivity contribution in [2.45, 2.75) is 33.3 Å². The molecule has 1 heterocycles. The Morgan fingerprint density at radius 1 is 1.60 bits per heavy atom. The predicted octanol–water partition coefficient (Wildman–Crippen LogP) is 1.47. The lowest BCUT2D eigenvalue weighted by Gasteiger charge is -2.19. The van der Waals surface area contributed by atoms with Gasteiger partial charge in [-0.2, -0.15) is 4.68 Å². The fourth-order valence-corrected chi connectivity index (χ4v) is 1.03. The number of anilines is 1. The predicted molar refractivity (Wildman–Crippen MR) is 58.0 cm³/mol. The number of rotatable bonds is 1. The van der Waals surface area contributed by atoms with E-state index in [1.165, 1.54) is 4.68 Å². The van der Waals surface area contributed by atoms with Gasteiger partial charge in [-0.1, -0.05) is 0 Å². The highest BCUT2D eigenvalue weighted by Gasteiger charge is 2.19. The first-order chi connectivity index (χ1) is 6.83. The number of aryl methyl sites for hydroxylation is 1. The lowest BCUT2D eigenvalue weighted by atomic mass is 10.2. The van der Waals surface area contributed by atoms with Gasteiger partial charge in [0, 0.05) is 11.8 Å². The molecule has 0 amide bonds. The van der Waals surface area contributed by atoms with E-state index in [1.54, 1.807) is 33.8 Å². The smallest absolute Gasteiger partial charge is 0.435 e. The van der Waals surface area contributed by atoms with Crippen LogP contribution in [0.5, 0.6) is 0 Å². The standard InChI is InChI=1S/C9H14BN3O2/c1-6-5-7(11-10)12-13(6)8(14)15-9(2,3)4/h5H,1-4H3,(H,11,12). The summed E-state index contributed by atoms with van der Waals surface area (Å²) in [6.07, 6.45) is -0.512. The zero-order chi connectivity index (χ0) is 11.6. The second kappa shape index (κ2) is 3.96. The highest BCUT2D eigenvalue weighted by atomic mass is 16.6. The van der Waals surface area contributed by atoms with Crippen LogP contribution in [0, 0.1) is 6.92 Å². The molecule has 0 unspecified atom stereocenters. The normalized spacial score (nSPS) is 11.2. The zero-order valence-electron chi connectivity index (χ0n) is 9.37. The fraction of sp³-hybridized carbons (Fsp3) is 0.556. The van der Waals surface area contributed by atoms with E-state index < -0.39 is 11.7 Å². The largest absolute Gasteiger partial charge is 0.442 e. The molecule has 0 bridgehead atoms. The second-order valence-corrected chi connectivity index (χ2v) is 4.21. The summed E-state index contributed by atoms with van der Waals surface area (Å²) in [6, 6.07) is 1.66. The Labute approximate surface area is 90.2 Å². The highest BCUT2D eigenvalue weighted by Crippen LogP contribution is 2.12. The molecule has 1 N–H and O–H groups in total. The number of ether oxygens (including phenoxy) is 1. The molecule has 5 nitrogen and oxygen atoms in total. The van der Waals surface area contributed by atoms with Crippen molar-refractivity contribution in [3.8, 4) is 0 Å². The minimum atomic E-state index is -0.536. The summed E-state index contributed by atoms with van der Waals surface area (Å²) in [7, 11) is 5.18. The summed E-state index contributed by atoms with van der Waals surface area (Å²) in [5, 5.41) is 6.28. The lowest BCUT2D eigenvalue weighted by Crippen LogP contribution is -2.28. The summed E-state index contributed by atoms with van der Waals surface area (Å²) >= 11 is 0. The van der Waals surface area contributed by atoms with E-state index in [1.807, 2.05) is 0 Å². The number of carbonyl (C=O) groups excluding carboxylic acids is 1. The summed E-state index contributed by atoms with van der Waals surface area (Å²) in [6.45, 7) is 7.14. The van der Waals surface area contributed by atoms with E-state index in [4.69, 9.17) is 12.7 Å². The molecule has 6 heteroatoms. The third-order valence-electron chi connectivity index (χ3n) is 1.60. The number of nitrogens with zero attached hydrogens (tertiary/aromatic N) is 2. The van der Waals surface area contributed by atoms with Crippen molar-refractivity contribution in [2.75, 3.05) is 5.23 Å². The Kier molecular flexibility index (Phi) is 3.07. The summed E-state index contributed by atoms with van der Waals surface area (Å²) in [4.78, 5) is 11.6. The van der Waals surface area contributed by atoms with Crippen molar-refractivity contribution in [2.24, 2.45) is 0 Å². The molecule has 80 valence electrons. The Morgan fingerprint density at radius 3 is 2.60 bits per heavy atom. The van der Waals surface area contributed by atoms with E-state index in [0.29, 0.717) is 11.5 Å². The Hall–Kier alpha value is -1.46. The van der Waals surface area contributed by atoms with Crippen LogP contribution in [0.15, 0.2) is 6.07 Å². The SMILES string of the molecule is [B]Nc1cc(C)n(C(=O)OC(C)(C)C)n1. The van der Waals surface area contributed by atoms with Gasteiger partial charge in [-0.05, 0) is 27.7 Å². The fourth-order valence-electron chi connectivity index (χ4n) is 1.03. The van der Waals surface area contributed by atoms with Crippen LogP contribution >= 0.6 is 0 Å². The van der Waals surface area contributed by atoms with Gasteiger partial charge in [0.1, 0.15) is 11.4 Å². The van der Waals surface area contributed by atoms with Crippen LogP contribution in [0.25, 0.3) is 0 Å². The number of carbonyl (C=O) groups is 1. The van der Waals surface area contributed by atoms with Gasteiger partial charge in [-0.15, -0.1) is 5.10 Å². The number of nitrogens with one attached hydrogen (secondary N) is 1. The minimum absolute atomic E-state index is 0.429. The molecule has 2 radical (unpaired) electrons. The van der Waals surface area contributed by atoms with Crippen molar-refractivity contribution >= 4 is 19.9 Å². The van der Waals surface area contributed by atoms with Gasteiger partial charge in [0.05, 0.1) is 0 Å². The van der Waals surface area contributed by atoms with Crippen molar-refractivity contribution in [1.29, 1.82) is 0 Å². The quantitative estimate of drug-likeness (QED) is 0.708. The molecule has 0 atom stereocenters. The van der Waals surface area contributed by atoms with Gasteiger partial charge >= 0.3 is 6.09 Å². The van der Waals surface area contributed by atoms with E-state index in [2.05, 4.69) is 10.3 Å². The van der Waals surface area contributed by atoms with E-state index in [-0.39, 0.29) is 0 Å². The summed E-state index contributed by atoms with van der Waals surface area (Å²) in [5.41, 5.74) is 0.128. The van der Waals surface area contributed by atoms with Crippen molar-refractivity contribution < 1.29 is 9.53 Å². The van der Waals surface area contributed by atoms with Gasteiger partial charge in [0.15, 0.2) is 0 Å². The Morgan fingerprint density at radius 2 is 2.20 bits per heavy atom. The molecule has 0 spiro atoms. The monoisotopic (exact) mass is 207 g/mol. The van der Waals surface area contributed by atoms with Crippen LogP contribution in [-0.4, -0.2) is 29.5 Å². The highest BCUT2D eigenvalue weighted by molar-refractivity contribution is 6.15. The summed E-state index contributed by atoms with van der Waals surface area (Å²) in [5.74, 6) is 0.429. The first-order valence-corrected chi connectivity index (χ1v) is 4.60. The number of hydrogen-bond donors (Lipinski definition) is 1. The van der Waals surface area contributed by atoms with Crippen LogP contribution in [0.1, 0.15) is 26.5 Å². The molecular weight excluding hydrogens is 193 g/mol. The molecule has 1 aromatic rings. The Bertz CT molecular complexity index is 368. The average Bonchev–Trinajstić information content (AvgIpc) is 2.43. The van der Waals surface area contributed by atoms with Crippen LogP contribution in [-0.2, 0) is 4.74 Å². The van der Waals surface area contributed by atoms with Crippen molar-refractivity contribution in [3.05, 3.63) is 11.8 Å². The maximum Gasteiger partial charge on any atom is 0.435 e. The molecular formula is C9H14BN3O2. The van der Waals surface area contributed by atoms with Gasteiger partial charge < -0.3 is 9.96 Å². The molecule has 0 saturated heterocycles. The number of hydrogen-bond acceptors (Lipinski definition) is 4. The lowest BCUT2D eigenvalue weighted by molar-refractivity contribution is 0.0511. The van der Waals surface area contributed by atoms with Gasteiger partial charge in [-0.3, -0.25) is 0 Å². The van der Waals surface area contributed by atoms with E-state index >= 15 is 0 Å². The van der Waals surface area contributed by atoms with Crippen LogP contribution in [0.4, 0.5) is 10.6 Å². The van der Waals surface area contributed by atoms with E-state index in [0.717, 1.165) is 0 Å². The van der Waals surface area contributed by atoms with Gasteiger partial charge in [-0.25, -0.2) is 4.79 Å². The first kappa shape index (κ1) is 11.6. The van der Waals surface area contributed by atoms with Crippen LogP contribution in [0.3, 0.4) is 0 Å². The minimum Gasteiger partial charge on any atom is -0.442 e. The Balaban J connectivity index is 2.87. The molecule has 0 aliphatic rings. The topological polar surface area (TPSA) is 56.2 Å². The molecule has 1 rings (SSSR count). The first-order valence-electron chi connectivity index (χ1n) is 4.60. The second-order valence-electron chi connectivity index (χ2n) is 4.21. The van der Waals surface area contributed by atoms with Crippen LogP contribution in [0.2, 0.25) is 0 Å². The molecule has 15 heavy (non-hydrogen) atoms. The van der Waals surface area contributed by atoms with Crippen molar-refractivity contribution in [1.82, 2.24) is 9.78 Å². The molecule has 0 aromatic carbocycles. The third-order valence-corrected chi connectivity index (χ3v) is 1.60. The molecule has 0 fully saturated rings. The van der Waals surface area contributed by atoms with E-state index in [9.17, 15) is 4.79 Å². The average molecular weight is 207 g/mol. The number of aromatic nitrogens is 2. The zero-order valence-corrected chi connectivity index (χ0v) is 9.37. The molecule has 1 aromatic heterocycles. The molecule has 0 aliphatic carbocycles. The maximum absolute atomic E-state index is 11.6. The van der Waals surface area contributed by atoms with Gasteiger partial charge in [0.2, 0.25) is 7.98 Å². The maximum atomic E-state index is 11.6. The third kappa shape index (κ3) is 3.01. The molecule has 0 aliphatic heterocycles. The van der Waals surface area contributed by atoms with Crippen LogP contribution < -0.4 is 5.23 Å². The molecule has 0 saturated carbocycles. The van der Waals surface area contributed by atoms with Crippen molar-refractivity contribution in [3.63, 3.8) is 0 Å². The van der Waals surface area contributed by atoms with Gasteiger partial charge in [0.25, 0.3) is 0 Å². The summed E-state index contributed by atoms with van der Waals surface area (Å²) < 4.78 is 6.32.